The molecule has 2 aromatic rings. The van der Waals surface area contributed by atoms with Crippen molar-refractivity contribution in [3.63, 3.8) is 0 Å². The van der Waals surface area contributed by atoms with E-state index >= 15 is 0 Å². The Hall–Kier alpha value is -1.83. The van der Waals surface area contributed by atoms with E-state index in [2.05, 4.69) is 17.0 Å². The van der Waals surface area contributed by atoms with Crippen LogP contribution in [-0.2, 0) is 23.0 Å². The number of ether oxygens (including phenoxy) is 1. The molecule has 0 N–H and O–H groups in total. The minimum absolute atomic E-state index is 0.0611. The highest BCUT2D eigenvalue weighted by atomic mass is 32.2. The Morgan fingerprint density at radius 2 is 1.81 bits per heavy atom. The Morgan fingerprint density at radius 3 is 2.48 bits per heavy atom. The van der Waals surface area contributed by atoms with E-state index in [1.807, 2.05) is 19.2 Å². The molecule has 7 heteroatoms. The molecular formula is C20H28N2O4S. The number of hydrogen-bond donors (Lipinski definition) is 0. The number of furan rings is 1. The van der Waals surface area contributed by atoms with E-state index in [4.69, 9.17) is 9.15 Å². The van der Waals surface area contributed by atoms with Gasteiger partial charge in [0.15, 0.2) is 0 Å². The maximum Gasteiger partial charge on any atom is 0.276 e. The lowest BCUT2D eigenvalue weighted by molar-refractivity contribution is 0.277. The molecule has 1 aliphatic rings. The highest BCUT2D eigenvalue weighted by Crippen LogP contribution is 2.23. The summed E-state index contributed by atoms with van der Waals surface area (Å²) in [5, 5.41) is 0.0611. The minimum atomic E-state index is -3.47. The van der Waals surface area contributed by atoms with E-state index in [0.29, 0.717) is 25.4 Å². The van der Waals surface area contributed by atoms with Crippen LogP contribution in [0.1, 0.15) is 30.6 Å². The first-order valence-electron chi connectivity index (χ1n) is 9.39. The molecule has 1 saturated heterocycles. The average molecular weight is 393 g/mol. The normalized spacial score (nSPS) is 15.5. The highest BCUT2D eigenvalue weighted by Gasteiger charge is 2.29. The molecule has 0 atom stereocenters. The first-order chi connectivity index (χ1) is 13.0. The number of nitrogens with zero attached hydrogens (tertiary/aromatic N) is 2. The van der Waals surface area contributed by atoms with Crippen molar-refractivity contribution in [2.75, 3.05) is 33.8 Å². The molecule has 1 fully saturated rings. The van der Waals surface area contributed by atoms with Gasteiger partial charge in [0.25, 0.3) is 10.0 Å². The van der Waals surface area contributed by atoms with Gasteiger partial charge in [0.05, 0.1) is 13.7 Å². The topological polar surface area (TPSA) is 63.0 Å². The van der Waals surface area contributed by atoms with Crippen molar-refractivity contribution >= 4 is 10.0 Å². The molecule has 3 rings (SSSR count). The van der Waals surface area contributed by atoms with E-state index in [1.165, 1.54) is 9.87 Å². The number of sulfonamides is 1. The van der Waals surface area contributed by atoms with Crippen LogP contribution in [0.5, 0.6) is 5.75 Å². The summed E-state index contributed by atoms with van der Waals surface area (Å²) in [5.41, 5.74) is 1.28. The van der Waals surface area contributed by atoms with Crippen LogP contribution in [0.3, 0.4) is 0 Å². The van der Waals surface area contributed by atoms with E-state index in [9.17, 15) is 8.42 Å². The predicted octanol–water partition coefficient (Wildman–Crippen LogP) is 3.14. The summed E-state index contributed by atoms with van der Waals surface area (Å²) in [6.07, 6.45) is 3.84. The standard InChI is InChI=1S/C20H28N2O4S/c1-21(13-5-6-17-7-9-18(25-2)10-8-17)16-19-11-12-20(26-19)27(23,24)22-14-3-4-15-22/h7-12H,3-6,13-16H2,1-2H3. The zero-order chi connectivity index (χ0) is 19.3. The van der Waals surface area contributed by atoms with Gasteiger partial charge in [-0.25, -0.2) is 8.42 Å². The average Bonchev–Trinajstić information content (AvgIpc) is 3.35. The van der Waals surface area contributed by atoms with Crippen LogP contribution < -0.4 is 4.74 Å². The molecule has 1 aliphatic heterocycles. The van der Waals surface area contributed by atoms with Gasteiger partial charge in [0, 0.05) is 13.1 Å². The van der Waals surface area contributed by atoms with Gasteiger partial charge >= 0.3 is 0 Å². The molecule has 0 radical (unpaired) electrons. The van der Waals surface area contributed by atoms with E-state index in [-0.39, 0.29) is 5.09 Å². The van der Waals surface area contributed by atoms with Gasteiger partial charge in [-0.3, -0.25) is 4.90 Å². The largest absolute Gasteiger partial charge is 0.497 e. The SMILES string of the molecule is COc1ccc(CCCN(C)Cc2ccc(S(=O)(=O)N3CCCC3)o2)cc1. The summed E-state index contributed by atoms with van der Waals surface area (Å²) in [7, 11) is 0.212. The van der Waals surface area contributed by atoms with Crippen LogP contribution >= 0.6 is 0 Å². The molecule has 1 aromatic heterocycles. The van der Waals surface area contributed by atoms with Gasteiger partial charge in [-0.15, -0.1) is 0 Å². The van der Waals surface area contributed by atoms with Crippen molar-refractivity contribution in [1.29, 1.82) is 0 Å². The second-order valence-electron chi connectivity index (χ2n) is 7.02. The molecule has 0 bridgehead atoms. The maximum atomic E-state index is 12.5. The third-order valence-electron chi connectivity index (χ3n) is 4.89. The van der Waals surface area contributed by atoms with E-state index in [0.717, 1.165) is 38.0 Å². The lowest BCUT2D eigenvalue weighted by Gasteiger charge is -2.15. The summed E-state index contributed by atoms with van der Waals surface area (Å²) in [4.78, 5) is 2.15. The number of hydrogen-bond acceptors (Lipinski definition) is 5. The Morgan fingerprint density at radius 1 is 1.11 bits per heavy atom. The monoisotopic (exact) mass is 392 g/mol. The fourth-order valence-electron chi connectivity index (χ4n) is 3.33. The van der Waals surface area contributed by atoms with Gasteiger partial charge in [0.1, 0.15) is 11.5 Å². The smallest absolute Gasteiger partial charge is 0.276 e. The summed E-state index contributed by atoms with van der Waals surface area (Å²) >= 11 is 0. The third-order valence-corrected chi connectivity index (χ3v) is 6.66. The molecule has 0 amide bonds. The van der Waals surface area contributed by atoms with Gasteiger partial charge in [-0.2, -0.15) is 4.31 Å². The van der Waals surface area contributed by atoms with Crippen LogP contribution in [0.25, 0.3) is 0 Å². The molecule has 1 aromatic carbocycles. The van der Waals surface area contributed by atoms with Crippen molar-refractivity contribution < 1.29 is 17.6 Å². The van der Waals surface area contributed by atoms with E-state index < -0.39 is 10.0 Å². The van der Waals surface area contributed by atoms with Crippen molar-refractivity contribution in [2.45, 2.75) is 37.3 Å². The lowest BCUT2D eigenvalue weighted by Crippen LogP contribution is -2.27. The van der Waals surface area contributed by atoms with Crippen LogP contribution in [0.15, 0.2) is 45.9 Å². The Bertz CT molecular complexity index is 824. The molecular weight excluding hydrogens is 364 g/mol. The van der Waals surface area contributed by atoms with Gasteiger partial charge in [0.2, 0.25) is 5.09 Å². The molecule has 148 valence electrons. The summed E-state index contributed by atoms with van der Waals surface area (Å²) < 4.78 is 37.4. The van der Waals surface area contributed by atoms with Crippen LogP contribution in [0.4, 0.5) is 0 Å². The quantitative estimate of drug-likeness (QED) is 0.656. The molecule has 0 aliphatic carbocycles. The molecule has 2 heterocycles. The second-order valence-corrected chi connectivity index (χ2v) is 8.89. The Labute approximate surface area is 161 Å². The zero-order valence-electron chi connectivity index (χ0n) is 16.1. The van der Waals surface area contributed by atoms with Crippen molar-refractivity contribution in [3.05, 3.63) is 47.7 Å². The molecule has 0 spiro atoms. The van der Waals surface area contributed by atoms with Crippen molar-refractivity contribution in [1.82, 2.24) is 9.21 Å². The minimum Gasteiger partial charge on any atom is -0.497 e. The first-order valence-corrected chi connectivity index (χ1v) is 10.8. The van der Waals surface area contributed by atoms with Crippen molar-refractivity contribution in [3.8, 4) is 5.75 Å². The summed E-state index contributed by atoms with van der Waals surface area (Å²) in [5.74, 6) is 1.55. The fourth-order valence-corrected chi connectivity index (χ4v) is 4.77. The number of benzene rings is 1. The molecule has 0 saturated carbocycles. The number of rotatable bonds is 9. The zero-order valence-corrected chi connectivity index (χ0v) is 16.9. The lowest BCUT2D eigenvalue weighted by atomic mass is 10.1. The van der Waals surface area contributed by atoms with Gasteiger partial charge in [-0.05, 0) is 69.1 Å². The Balaban J connectivity index is 1.48. The molecule has 6 nitrogen and oxygen atoms in total. The van der Waals surface area contributed by atoms with Gasteiger partial charge in [-0.1, -0.05) is 12.1 Å². The fraction of sp³-hybridized carbons (Fsp3) is 0.500. The third kappa shape index (κ3) is 5.12. The summed E-state index contributed by atoms with van der Waals surface area (Å²) in [6, 6.07) is 11.5. The predicted molar refractivity (Wildman–Crippen MR) is 104 cm³/mol. The Kier molecular flexibility index (Phi) is 6.57. The van der Waals surface area contributed by atoms with Crippen LogP contribution in [0.2, 0.25) is 0 Å². The second kappa shape index (κ2) is 8.91. The van der Waals surface area contributed by atoms with Crippen LogP contribution in [-0.4, -0.2) is 51.4 Å². The van der Waals surface area contributed by atoms with Crippen LogP contribution in [0, 0.1) is 0 Å². The van der Waals surface area contributed by atoms with Gasteiger partial charge < -0.3 is 9.15 Å². The number of methoxy groups -OCH3 is 1. The number of aryl methyl sites for hydroxylation is 1. The summed E-state index contributed by atoms with van der Waals surface area (Å²) in [6.45, 7) is 2.67. The first kappa shape index (κ1) is 19.9. The van der Waals surface area contributed by atoms with Crippen molar-refractivity contribution in [2.24, 2.45) is 0 Å². The highest BCUT2D eigenvalue weighted by molar-refractivity contribution is 7.89. The molecule has 0 unspecified atom stereocenters. The molecule has 27 heavy (non-hydrogen) atoms. The maximum absolute atomic E-state index is 12.5. The van der Waals surface area contributed by atoms with E-state index in [1.54, 1.807) is 19.2 Å².